The smallest absolute Gasteiger partial charge is 0.312 e. The van der Waals surface area contributed by atoms with Gasteiger partial charge in [0.25, 0.3) is 5.91 Å². The molecule has 1 amide bonds. The van der Waals surface area contributed by atoms with E-state index in [1.54, 1.807) is 19.1 Å². The highest BCUT2D eigenvalue weighted by atomic mass is 35.5. The highest BCUT2D eigenvalue weighted by Gasteiger charge is 2.61. The van der Waals surface area contributed by atoms with Crippen molar-refractivity contribution in [3.05, 3.63) is 35.6 Å². The maximum Gasteiger partial charge on any atom is 0.312 e. The summed E-state index contributed by atoms with van der Waals surface area (Å²) < 4.78 is 18.5. The second-order valence-corrected chi connectivity index (χ2v) is 9.91. The Bertz CT molecular complexity index is 752. The molecule has 5 rings (SSSR count). The number of rotatable bonds is 6. The summed E-state index contributed by atoms with van der Waals surface area (Å²) in [6, 6.07) is 6.19. The summed E-state index contributed by atoms with van der Waals surface area (Å²) >= 11 is 6.79. The Labute approximate surface area is 170 Å². The van der Waals surface area contributed by atoms with Crippen molar-refractivity contribution < 1.29 is 18.7 Å². The van der Waals surface area contributed by atoms with Crippen LogP contribution in [-0.4, -0.2) is 29.4 Å². The van der Waals surface area contributed by atoms with E-state index in [-0.39, 0.29) is 22.6 Å². The summed E-state index contributed by atoms with van der Waals surface area (Å²) in [5.41, 5.74) is 0.432. The fourth-order valence-electron chi connectivity index (χ4n) is 5.85. The van der Waals surface area contributed by atoms with Crippen molar-refractivity contribution in [3.63, 3.8) is 0 Å². The second kappa shape index (κ2) is 7.33. The van der Waals surface area contributed by atoms with E-state index in [4.69, 9.17) is 16.3 Å². The van der Waals surface area contributed by atoms with Crippen LogP contribution in [0.15, 0.2) is 24.3 Å². The Kier molecular flexibility index (Phi) is 5.15. The molecule has 0 radical (unpaired) electrons. The van der Waals surface area contributed by atoms with Gasteiger partial charge in [-0.15, -0.1) is 11.6 Å². The van der Waals surface area contributed by atoms with Gasteiger partial charge >= 0.3 is 5.97 Å². The average Bonchev–Trinajstić information content (AvgIpc) is 2.61. The fourth-order valence-corrected chi connectivity index (χ4v) is 6.55. The molecule has 0 aliphatic heterocycles. The first-order chi connectivity index (χ1) is 13.3. The number of carbonyl (C=O) groups is 2. The van der Waals surface area contributed by atoms with Gasteiger partial charge in [0.1, 0.15) is 5.82 Å². The molecular formula is C22H27ClFNO3. The van der Waals surface area contributed by atoms with Crippen molar-refractivity contribution >= 4 is 23.5 Å². The molecule has 4 saturated carbocycles. The van der Waals surface area contributed by atoms with Crippen molar-refractivity contribution in [3.8, 4) is 0 Å². The molecule has 0 saturated heterocycles. The minimum absolute atomic E-state index is 0.257. The van der Waals surface area contributed by atoms with Crippen molar-refractivity contribution in [1.29, 1.82) is 0 Å². The lowest BCUT2D eigenvalue weighted by atomic mass is 9.49. The summed E-state index contributed by atoms with van der Waals surface area (Å²) in [5.74, 6) is 0.169. The van der Waals surface area contributed by atoms with Crippen LogP contribution in [0.25, 0.3) is 0 Å². The number of hydrogen-bond acceptors (Lipinski definition) is 3. The second-order valence-electron chi connectivity index (χ2n) is 9.11. The third-order valence-corrected chi connectivity index (χ3v) is 7.14. The molecule has 0 heterocycles. The van der Waals surface area contributed by atoms with E-state index in [1.165, 1.54) is 18.6 Å². The molecule has 4 aliphatic carbocycles. The molecule has 1 N–H and O–H groups in total. The lowest BCUT2D eigenvalue weighted by molar-refractivity contribution is -0.177. The minimum Gasteiger partial charge on any atom is -0.452 e. The molecule has 4 bridgehead atoms. The maximum absolute atomic E-state index is 13.0. The molecule has 4 fully saturated rings. The molecule has 0 spiro atoms. The summed E-state index contributed by atoms with van der Waals surface area (Å²) in [5, 5.41) is 2.80. The molecule has 2 unspecified atom stereocenters. The summed E-state index contributed by atoms with van der Waals surface area (Å²) in [4.78, 5) is 25.1. The molecular weight excluding hydrogens is 381 g/mol. The van der Waals surface area contributed by atoms with Gasteiger partial charge in [-0.25, -0.2) is 4.39 Å². The van der Waals surface area contributed by atoms with Crippen LogP contribution in [0, 0.1) is 23.1 Å². The van der Waals surface area contributed by atoms with Crippen LogP contribution in [-0.2, 0) is 20.7 Å². The number of carbonyl (C=O) groups excluding carboxylic acids is 2. The molecule has 152 valence electrons. The maximum atomic E-state index is 13.0. The molecule has 1 aromatic rings. The number of nitrogens with one attached hydrogen (secondary N) is 1. The van der Waals surface area contributed by atoms with Crippen molar-refractivity contribution in [2.75, 3.05) is 6.54 Å². The van der Waals surface area contributed by atoms with Crippen LogP contribution in [0.3, 0.4) is 0 Å². The van der Waals surface area contributed by atoms with Gasteiger partial charge in [-0.05, 0) is 81.4 Å². The van der Waals surface area contributed by atoms with Gasteiger partial charge in [-0.2, -0.15) is 0 Å². The monoisotopic (exact) mass is 407 g/mol. The predicted molar refractivity (Wildman–Crippen MR) is 104 cm³/mol. The molecule has 4 aliphatic rings. The lowest BCUT2D eigenvalue weighted by Crippen LogP contribution is -2.57. The van der Waals surface area contributed by atoms with Gasteiger partial charge in [-0.1, -0.05) is 12.1 Å². The number of esters is 1. The van der Waals surface area contributed by atoms with Crippen LogP contribution < -0.4 is 5.32 Å². The molecule has 6 heteroatoms. The van der Waals surface area contributed by atoms with Crippen LogP contribution >= 0.6 is 11.6 Å². The van der Waals surface area contributed by atoms with Gasteiger partial charge < -0.3 is 10.1 Å². The Morgan fingerprint density at radius 1 is 1.21 bits per heavy atom. The molecule has 1 aromatic carbocycles. The van der Waals surface area contributed by atoms with Crippen LogP contribution in [0.4, 0.5) is 4.39 Å². The van der Waals surface area contributed by atoms with Gasteiger partial charge in [-0.3, -0.25) is 9.59 Å². The largest absolute Gasteiger partial charge is 0.452 e. The van der Waals surface area contributed by atoms with Crippen molar-refractivity contribution in [2.45, 2.75) is 62.8 Å². The van der Waals surface area contributed by atoms with Crippen molar-refractivity contribution in [1.82, 2.24) is 5.32 Å². The predicted octanol–water partition coefficient (Wildman–Crippen LogP) is 3.99. The first kappa shape index (κ1) is 19.7. The van der Waals surface area contributed by atoms with E-state index >= 15 is 0 Å². The fraction of sp³-hybridized carbons (Fsp3) is 0.636. The number of alkyl halides is 1. The molecule has 28 heavy (non-hydrogen) atoms. The van der Waals surface area contributed by atoms with Crippen LogP contribution in [0.5, 0.6) is 0 Å². The normalized spacial score (nSPS) is 34.1. The summed E-state index contributed by atoms with van der Waals surface area (Å²) in [6.07, 6.45) is 5.29. The van der Waals surface area contributed by atoms with Crippen LogP contribution in [0.1, 0.15) is 51.0 Å². The molecule has 5 atom stereocenters. The number of benzene rings is 1. The SMILES string of the molecule is C[C@H](OC(=O)C12C[C@@H]3C[C@@H](CC(Cl)(C3)C1)C2)C(=O)NCCc1ccc(F)cc1. The van der Waals surface area contributed by atoms with E-state index in [0.29, 0.717) is 31.2 Å². The Morgan fingerprint density at radius 2 is 1.86 bits per heavy atom. The third-order valence-electron chi connectivity index (χ3n) is 6.70. The Morgan fingerprint density at radius 3 is 2.46 bits per heavy atom. The van der Waals surface area contributed by atoms with Gasteiger partial charge in [0.15, 0.2) is 6.10 Å². The zero-order valence-corrected chi connectivity index (χ0v) is 16.9. The quantitative estimate of drug-likeness (QED) is 0.573. The third kappa shape index (κ3) is 3.91. The van der Waals surface area contributed by atoms with Gasteiger partial charge in [0.2, 0.25) is 0 Å². The number of halogens is 2. The van der Waals surface area contributed by atoms with Gasteiger partial charge in [0, 0.05) is 11.4 Å². The van der Waals surface area contributed by atoms with Crippen molar-refractivity contribution in [2.24, 2.45) is 17.3 Å². The van der Waals surface area contributed by atoms with E-state index < -0.39 is 11.5 Å². The summed E-state index contributed by atoms with van der Waals surface area (Å²) in [6.45, 7) is 2.02. The van der Waals surface area contributed by atoms with E-state index in [2.05, 4.69) is 5.32 Å². The van der Waals surface area contributed by atoms with E-state index in [1.807, 2.05) is 0 Å². The highest BCUT2D eigenvalue weighted by Crippen LogP contribution is 2.64. The lowest BCUT2D eigenvalue weighted by Gasteiger charge is -2.58. The van der Waals surface area contributed by atoms with Crippen LogP contribution in [0.2, 0.25) is 0 Å². The minimum atomic E-state index is -0.833. The number of amides is 1. The average molecular weight is 408 g/mol. The van der Waals surface area contributed by atoms with E-state index in [9.17, 15) is 14.0 Å². The molecule has 0 aromatic heterocycles. The zero-order chi connectivity index (χ0) is 19.9. The first-order valence-corrected chi connectivity index (χ1v) is 10.6. The Balaban J connectivity index is 1.29. The standard InChI is InChI=1S/C22H27ClFNO3/c1-14(19(26)25-7-6-15-2-4-18(24)5-3-15)28-20(27)21-9-16-8-17(10-21)12-22(23,11-16)13-21/h2-5,14,16-17H,6-13H2,1H3,(H,25,26)/t14-,16-,17+,21?,22?/m0/s1. The van der Waals surface area contributed by atoms with E-state index in [0.717, 1.165) is 31.2 Å². The van der Waals surface area contributed by atoms with Gasteiger partial charge in [0.05, 0.1) is 5.41 Å². The molecule has 4 nitrogen and oxygen atoms in total. The Hall–Kier alpha value is -1.62. The first-order valence-electron chi connectivity index (χ1n) is 10.2. The highest BCUT2D eigenvalue weighted by molar-refractivity contribution is 6.24. The number of ether oxygens (including phenoxy) is 1. The summed E-state index contributed by atoms with van der Waals surface area (Å²) in [7, 11) is 0. The number of hydrogen-bond donors (Lipinski definition) is 1. The zero-order valence-electron chi connectivity index (χ0n) is 16.2. The topological polar surface area (TPSA) is 55.4 Å².